The smallest absolute Gasteiger partial charge is 0.126 e. The normalized spacial score (nSPS) is 17.8. The maximum absolute atomic E-state index is 14.0. The Morgan fingerprint density at radius 2 is 2.00 bits per heavy atom. The Kier molecular flexibility index (Phi) is 5.50. The third-order valence-electron chi connectivity index (χ3n) is 5.15. The van der Waals surface area contributed by atoms with Crippen molar-refractivity contribution >= 4 is 0 Å². The predicted molar refractivity (Wildman–Crippen MR) is 105 cm³/mol. The number of hydrogen-bond acceptors (Lipinski definition) is 4. The number of ether oxygens (including phenoxy) is 1. The third kappa shape index (κ3) is 4.29. The van der Waals surface area contributed by atoms with E-state index >= 15 is 0 Å². The van der Waals surface area contributed by atoms with Gasteiger partial charge in [0, 0.05) is 50.6 Å². The maximum Gasteiger partial charge on any atom is 0.126 e. The molecule has 0 amide bonds. The zero-order chi connectivity index (χ0) is 19.5. The number of aromatic nitrogens is 3. The SMILES string of the molecule is Cc1nn(C)cc1CN1CCO[C@H](c2cccc(Cc3ccccc3F)n2)C1. The summed E-state index contributed by atoms with van der Waals surface area (Å²) >= 11 is 0. The fourth-order valence-electron chi connectivity index (χ4n) is 3.68. The molecule has 0 aliphatic carbocycles. The molecule has 4 rings (SSSR count). The zero-order valence-corrected chi connectivity index (χ0v) is 16.3. The Balaban J connectivity index is 1.46. The van der Waals surface area contributed by atoms with Crippen molar-refractivity contribution in [2.75, 3.05) is 19.7 Å². The van der Waals surface area contributed by atoms with E-state index in [0.29, 0.717) is 18.6 Å². The van der Waals surface area contributed by atoms with E-state index in [9.17, 15) is 4.39 Å². The molecule has 1 saturated heterocycles. The molecule has 0 saturated carbocycles. The minimum absolute atomic E-state index is 0.0775. The number of hydrogen-bond donors (Lipinski definition) is 0. The van der Waals surface area contributed by atoms with Crippen molar-refractivity contribution in [2.24, 2.45) is 7.05 Å². The van der Waals surface area contributed by atoms with Gasteiger partial charge in [-0.15, -0.1) is 0 Å². The van der Waals surface area contributed by atoms with E-state index in [2.05, 4.69) is 16.2 Å². The summed E-state index contributed by atoms with van der Waals surface area (Å²) < 4.78 is 21.8. The fraction of sp³-hybridized carbons (Fsp3) is 0.364. The summed E-state index contributed by atoms with van der Waals surface area (Å²) in [7, 11) is 1.95. The van der Waals surface area contributed by atoms with Crippen LogP contribution in [0.25, 0.3) is 0 Å². The molecule has 28 heavy (non-hydrogen) atoms. The van der Waals surface area contributed by atoms with Gasteiger partial charge in [0.2, 0.25) is 0 Å². The van der Waals surface area contributed by atoms with Gasteiger partial charge in [0.25, 0.3) is 0 Å². The molecule has 3 heterocycles. The molecule has 1 atom stereocenters. The van der Waals surface area contributed by atoms with Gasteiger partial charge in [0.1, 0.15) is 11.9 Å². The summed E-state index contributed by atoms with van der Waals surface area (Å²) in [5.74, 6) is -0.193. The second-order valence-electron chi connectivity index (χ2n) is 7.33. The maximum atomic E-state index is 14.0. The molecule has 3 aromatic rings. The molecule has 6 heteroatoms. The molecule has 1 fully saturated rings. The third-order valence-corrected chi connectivity index (χ3v) is 5.15. The van der Waals surface area contributed by atoms with Crippen molar-refractivity contribution in [1.82, 2.24) is 19.7 Å². The lowest BCUT2D eigenvalue weighted by Crippen LogP contribution is -2.38. The first-order chi connectivity index (χ1) is 13.6. The molecule has 0 unspecified atom stereocenters. The van der Waals surface area contributed by atoms with Crippen LogP contribution in [0.5, 0.6) is 0 Å². The number of aryl methyl sites for hydroxylation is 2. The topological polar surface area (TPSA) is 43.2 Å². The number of benzene rings is 1. The minimum atomic E-state index is -0.193. The van der Waals surface area contributed by atoms with Gasteiger partial charge in [-0.05, 0) is 30.7 Å². The molecule has 1 aliphatic rings. The molecule has 1 aromatic carbocycles. The number of halogens is 1. The summed E-state index contributed by atoms with van der Waals surface area (Å²) in [5, 5.41) is 4.43. The molecule has 0 radical (unpaired) electrons. The van der Waals surface area contributed by atoms with Crippen LogP contribution in [0.3, 0.4) is 0 Å². The molecule has 2 aromatic heterocycles. The van der Waals surface area contributed by atoms with E-state index in [4.69, 9.17) is 9.72 Å². The average molecular weight is 380 g/mol. The highest BCUT2D eigenvalue weighted by molar-refractivity contribution is 5.25. The van der Waals surface area contributed by atoms with Gasteiger partial charge < -0.3 is 4.74 Å². The van der Waals surface area contributed by atoms with E-state index in [1.807, 2.05) is 42.9 Å². The van der Waals surface area contributed by atoms with Crippen LogP contribution in [0.4, 0.5) is 4.39 Å². The van der Waals surface area contributed by atoms with Gasteiger partial charge in [-0.2, -0.15) is 5.10 Å². The van der Waals surface area contributed by atoms with E-state index in [1.165, 1.54) is 11.6 Å². The summed E-state index contributed by atoms with van der Waals surface area (Å²) in [6.07, 6.45) is 2.48. The summed E-state index contributed by atoms with van der Waals surface area (Å²) in [6, 6.07) is 12.8. The first-order valence-electron chi connectivity index (χ1n) is 9.61. The molecular formula is C22H25FN4O. The Hall–Kier alpha value is -2.57. The van der Waals surface area contributed by atoms with Crippen LogP contribution >= 0.6 is 0 Å². The Labute approximate surface area is 164 Å². The fourth-order valence-corrected chi connectivity index (χ4v) is 3.68. The molecular weight excluding hydrogens is 355 g/mol. The molecule has 146 valence electrons. The van der Waals surface area contributed by atoms with Gasteiger partial charge >= 0.3 is 0 Å². The van der Waals surface area contributed by atoms with Gasteiger partial charge in [0.15, 0.2) is 0 Å². The number of morpholine rings is 1. The lowest BCUT2D eigenvalue weighted by Gasteiger charge is -2.32. The quantitative estimate of drug-likeness (QED) is 0.680. The highest BCUT2D eigenvalue weighted by Crippen LogP contribution is 2.23. The van der Waals surface area contributed by atoms with Gasteiger partial charge in [0.05, 0.1) is 18.0 Å². The van der Waals surface area contributed by atoms with Gasteiger partial charge in [-0.3, -0.25) is 14.6 Å². The standard InChI is InChI=1S/C22H25FN4O/c1-16-18(13-26(2)25-16)14-27-10-11-28-22(15-27)21-9-5-7-19(24-21)12-17-6-3-4-8-20(17)23/h3-9,13,22H,10-12,14-15H2,1-2H3/t22-/m0/s1. The minimum Gasteiger partial charge on any atom is -0.369 e. The van der Waals surface area contributed by atoms with Crippen molar-refractivity contribution < 1.29 is 9.13 Å². The van der Waals surface area contributed by atoms with Crippen LogP contribution in [0.15, 0.2) is 48.7 Å². The van der Waals surface area contributed by atoms with Crippen LogP contribution in [-0.4, -0.2) is 39.4 Å². The largest absolute Gasteiger partial charge is 0.369 e. The second-order valence-corrected chi connectivity index (χ2v) is 7.33. The first-order valence-corrected chi connectivity index (χ1v) is 9.61. The Morgan fingerprint density at radius 1 is 1.14 bits per heavy atom. The van der Waals surface area contributed by atoms with Gasteiger partial charge in [-0.1, -0.05) is 24.3 Å². The number of rotatable bonds is 5. The summed E-state index contributed by atoms with van der Waals surface area (Å²) in [4.78, 5) is 7.14. The lowest BCUT2D eigenvalue weighted by molar-refractivity contribution is -0.0351. The van der Waals surface area contributed by atoms with Crippen LogP contribution in [0.1, 0.15) is 34.3 Å². The second kappa shape index (κ2) is 8.20. The van der Waals surface area contributed by atoms with Crippen molar-refractivity contribution in [2.45, 2.75) is 26.0 Å². The molecule has 5 nitrogen and oxygen atoms in total. The van der Waals surface area contributed by atoms with Crippen LogP contribution in [0, 0.1) is 12.7 Å². The summed E-state index contributed by atoms with van der Waals surface area (Å²) in [5.41, 5.74) is 4.72. The van der Waals surface area contributed by atoms with Crippen molar-refractivity contribution in [3.05, 3.63) is 82.7 Å². The Bertz CT molecular complexity index is 955. The number of pyridine rings is 1. The van der Waals surface area contributed by atoms with E-state index in [-0.39, 0.29) is 11.9 Å². The Morgan fingerprint density at radius 3 is 2.79 bits per heavy atom. The lowest BCUT2D eigenvalue weighted by atomic mass is 10.1. The molecule has 0 N–H and O–H groups in total. The van der Waals surface area contributed by atoms with Crippen molar-refractivity contribution in [1.29, 1.82) is 0 Å². The molecule has 0 spiro atoms. The molecule has 0 bridgehead atoms. The highest BCUT2D eigenvalue weighted by atomic mass is 19.1. The van der Waals surface area contributed by atoms with Gasteiger partial charge in [-0.25, -0.2) is 4.39 Å². The van der Waals surface area contributed by atoms with Crippen LogP contribution in [0.2, 0.25) is 0 Å². The molecule has 1 aliphatic heterocycles. The van der Waals surface area contributed by atoms with Crippen LogP contribution < -0.4 is 0 Å². The monoisotopic (exact) mass is 380 g/mol. The predicted octanol–water partition coefficient (Wildman–Crippen LogP) is 3.43. The number of nitrogens with zero attached hydrogens (tertiary/aromatic N) is 4. The highest BCUT2D eigenvalue weighted by Gasteiger charge is 2.24. The summed E-state index contributed by atoms with van der Waals surface area (Å²) in [6.45, 7) is 5.24. The van der Waals surface area contributed by atoms with Crippen molar-refractivity contribution in [3.8, 4) is 0 Å². The first kappa shape index (κ1) is 18.8. The zero-order valence-electron chi connectivity index (χ0n) is 16.3. The van der Waals surface area contributed by atoms with E-state index < -0.39 is 0 Å². The van der Waals surface area contributed by atoms with E-state index in [0.717, 1.165) is 36.7 Å². The average Bonchev–Trinajstić information content (AvgIpc) is 3.01. The van der Waals surface area contributed by atoms with E-state index in [1.54, 1.807) is 12.1 Å². The van der Waals surface area contributed by atoms with Crippen molar-refractivity contribution in [3.63, 3.8) is 0 Å². The van der Waals surface area contributed by atoms with Crippen LogP contribution in [-0.2, 0) is 24.8 Å².